The molecule has 0 aliphatic heterocycles. The lowest BCUT2D eigenvalue weighted by atomic mass is 10.1. The largest absolute Gasteiger partial charge is 0.259 e. The average Bonchev–Trinajstić information content (AvgIpc) is 2.21. The highest BCUT2D eigenvalue weighted by Crippen LogP contribution is 2.18. The van der Waals surface area contributed by atoms with E-state index < -0.39 is 16.6 Å². The molecule has 0 radical (unpaired) electrons. The predicted molar refractivity (Wildman–Crippen MR) is 60.8 cm³/mol. The smallest absolute Gasteiger partial charge is 0.247 e. The van der Waals surface area contributed by atoms with E-state index in [0.29, 0.717) is 0 Å². The van der Waals surface area contributed by atoms with E-state index >= 15 is 0 Å². The zero-order valence-electron chi connectivity index (χ0n) is 9.61. The van der Waals surface area contributed by atoms with Gasteiger partial charge in [-0.1, -0.05) is 13.8 Å². The molecule has 3 nitrogen and oxygen atoms in total. The van der Waals surface area contributed by atoms with Crippen LogP contribution in [0.3, 0.4) is 0 Å². The molecule has 0 atom stereocenters. The zero-order valence-corrected chi connectivity index (χ0v) is 9.61. The van der Waals surface area contributed by atoms with Crippen molar-refractivity contribution < 1.29 is 13.7 Å². The van der Waals surface area contributed by atoms with Crippen molar-refractivity contribution in [3.8, 4) is 0 Å². The first-order chi connectivity index (χ1) is 7.90. The fourth-order valence-corrected chi connectivity index (χ4v) is 1.41. The molecule has 92 valence electrons. The van der Waals surface area contributed by atoms with Crippen molar-refractivity contribution in [1.29, 1.82) is 0 Å². The van der Waals surface area contributed by atoms with Crippen LogP contribution in [0.5, 0.6) is 0 Å². The normalized spacial score (nSPS) is 11.9. The quantitative estimate of drug-likeness (QED) is 0.596. The molecular formula is C12H13F2NO2. The first-order valence-electron chi connectivity index (χ1n) is 5.20. The van der Waals surface area contributed by atoms with Gasteiger partial charge in [0.05, 0.1) is 4.92 Å². The average molecular weight is 241 g/mol. The van der Waals surface area contributed by atoms with Gasteiger partial charge in [0.15, 0.2) is 0 Å². The van der Waals surface area contributed by atoms with Crippen LogP contribution in [0.4, 0.5) is 8.78 Å². The second kappa shape index (κ2) is 5.52. The van der Waals surface area contributed by atoms with Gasteiger partial charge in [0.25, 0.3) is 0 Å². The van der Waals surface area contributed by atoms with E-state index in [1.54, 1.807) is 0 Å². The summed E-state index contributed by atoms with van der Waals surface area (Å²) in [5.41, 5.74) is -0.221. The molecule has 0 saturated heterocycles. The fourth-order valence-electron chi connectivity index (χ4n) is 1.41. The summed E-state index contributed by atoms with van der Waals surface area (Å²) < 4.78 is 26.2. The Bertz CT molecular complexity index is 456. The third kappa shape index (κ3) is 3.94. The van der Waals surface area contributed by atoms with Crippen LogP contribution in [-0.2, 0) is 0 Å². The molecule has 0 unspecified atom stereocenters. The van der Waals surface area contributed by atoms with Gasteiger partial charge in [-0.2, -0.15) is 0 Å². The van der Waals surface area contributed by atoms with E-state index in [1.165, 1.54) is 0 Å². The molecular weight excluding hydrogens is 228 g/mol. The van der Waals surface area contributed by atoms with Crippen LogP contribution in [0.25, 0.3) is 6.08 Å². The number of halogens is 2. The maximum Gasteiger partial charge on any atom is 0.247 e. The molecule has 0 aliphatic rings. The summed E-state index contributed by atoms with van der Waals surface area (Å²) in [5, 5.41) is 10.8. The Kier molecular flexibility index (Phi) is 4.31. The van der Waals surface area contributed by atoms with Gasteiger partial charge >= 0.3 is 0 Å². The lowest BCUT2D eigenvalue weighted by molar-refractivity contribution is -0.427. The van der Waals surface area contributed by atoms with Crippen LogP contribution in [0, 0.1) is 27.7 Å². The number of hydrogen-bond acceptors (Lipinski definition) is 2. The van der Waals surface area contributed by atoms with E-state index in [9.17, 15) is 18.9 Å². The van der Waals surface area contributed by atoms with Crippen molar-refractivity contribution in [3.63, 3.8) is 0 Å². The third-order valence-corrected chi connectivity index (χ3v) is 2.13. The summed E-state index contributed by atoms with van der Waals surface area (Å²) in [5.74, 6) is -1.22. The SMILES string of the molecule is CC(C)C/C(=C\c1cc(F)ccc1F)[N+](=O)[O-]. The van der Waals surface area contributed by atoms with Crippen LogP contribution >= 0.6 is 0 Å². The van der Waals surface area contributed by atoms with E-state index in [0.717, 1.165) is 24.3 Å². The van der Waals surface area contributed by atoms with Crippen LogP contribution in [-0.4, -0.2) is 4.92 Å². The Labute approximate surface area is 97.9 Å². The van der Waals surface area contributed by atoms with Crippen molar-refractivity contribution in [2.45, 2.75) is 20.3 Å². The van der Waals surface area contributed by atoms with Crippen LogP contribution in [0.1, 0.15) is 25.8 Å². The van der Waals surface area contributed by atoms with Gasteiger partial charge in [0, 0.05) is 18.1 Å². The number of nitrogens with zero attached hydrogens (tertiary/aromatic N) is 1. The standard InChI is InChI=1S/C12H13F2NO2/c1-8(2)5-11(15(16)17)7-9-6-10(13)3-4-12(9)14/h3-4,6-8H,5H2,1-2H3/b11-7+. The molecule has 0 amide bonds. The van der Waals surface area contributed by atoms with Crippen molar-refractivity contribution in [1.82, 2.24) is 0 Å². The molecule has 17 heavy (non-hydrogen) atoms. The number of allylic oxidation sites excluding steroid dienone is 1. The van der Waals surface area contributed by atoms with E-state index in [4.69, 9.17) is 0 Å². The van der Waals surface area contributed by atoms with Gasteiger partial charge in [0.1, 0.15) is 11.6 Å². The lowest BCUT2D eigenvalue weighted by Crippen LogP contribution is -2.03. The Morgan fingerprint density at radius 1 is 1.47 bits per heavy atom. The lowest BCUT2D eigenvalue weighted by Gasteiger charge is -2.03. The molecule has 0 aliphatic carbocycles. The van der Waals surface area contributed by atoms with Gasteiger partial charge in [0.2, 0.25) is 5.70 Å². The van der Waals surface area contributed by atoms with Crippen molar-refractivity contribution >= 4 is 6.08 Å². The highest BCUT2D eigenvalue weighted by molar-refractivity contribution is 5.51. The Hall–Kier alpha value is -1.78. The van der Waals surface area contributed by atoms with Crippen LogP contribution in [0.2, 0.25) is 0 Å². The molecule has 0 spiro atoms. The van der Waals surface area contributed by atoms with Crippen molar-refractivity contribution in [2.75, 3.05) is 0 Å². The summed E-state index contributed by atoms with van der Waals surface area (Å²) in [6.45, 7) is 3.64. The molecule has 0 saturated carbocycles. The molecule has 0 bridgehead atoms. The highest BCUT2D eigenvalue weighted by atomic mass is 19.1. The zero-order chi connectivity index (χ0) is 13.0. The van der Waals surface area contributed by atoms with E-state index in [-0.39, 0.29) is 23.6 Å². The minimum absolute atomic E-state index is 0.0725. The van der Waals surface area contributed by atoms with Gasteiger partial charge in [-0.3, -0.25) is 10.1 Å². The summed E-state index contributed by atoms with van der Waals surface area (Å²) in [4.78, 5) is 10.2. The molecule has 5 heteroatoms. The molecule has 1 aromatic carbocycles. The maximum atomic E-state index is 13.3. The Balaban J connectivity index is 3.12. The molecule has 0 N–H and O–H groups in total. The van der Waals surface area contributed by atoms with Crippen LogP contribution in [0.15, 0.2) is 23.9 Å². The highest BCUT2D eigenvalue weighted by Gasteiger charge is 2.14. The molecule has 0 aromatic heterocycles. The molecule has 0 fully saturated rings. The second-order valence-corrected chi connectivity index (χ2v) is 4.16. The van der Waals surface area contributed by atoms with Crippen molar-refractivity contribution in [3.05, 3.63) is 51.2 Å². The Morgan fingerprint density at radius 3 is 2.65 bits per heavy atom. The number of hydrogen-bond donors (Lipinski definition) is 0. The van der Waals surface area contributed by atoms with Gasteiger partial charge < -0.3 is 0 Å². The summed E-state index contributed by atoms with van der Waals surface area (Å²) in [6, 6.07) is 2.87. The third-order valence-electron chi connectivity index (χ3n) is 2.13. The predicted octanol–water partition coefficient (Wildman–Crippen LogP) is 3.63. The van der Waals surface area contributed by atoms with Crippen molar-refractivity contribution in [2.24, 2.45) is 5.92 Å². The number of rotatable bonds is 4. The maximum absolute atomic E-state index is 13.3. The van der Waals surface area contributed by atoms with Gasteiger partial charge in [-0.25, -0.2) is 8.78 Å². The minimum Gasteiger partial charge on any atom is -0.259 e. The molecule has 1 aromatic rings. The van der Waals surface area contributed by atoms with E-state index in [1.807, 2.05) is 13.8 Å². The monoisotopic (exact) mass is 241 g/mol. The second-order valence-electron chi connectivity index (χ2n) is 4.16. The van der Waals surface area contributed by atoms with E-state index in [2.05, 4.69) is 0 Å². The molecule has 1 rings (SSSR count). The first-order valence-corrected chi connectivity index (χ1v) is 5.20. The van der Waals surface area contributed by atoms with Crippen LogP contribution < -0.4 is 0 Å². The number of nitro groups is 1. The summed E-state index contributed by atoms with van der Waals surface area (Å²) in [7, 11) is 0. The summed E-state index contributed by atoms with van der Waals surface area (Å²) >= 11 is 0. The van der Waals surface area contributed by atoms with Gasteiger partial charge in [-0.05, 0) is 24.1 Å². The molecule has 0 heterocycles. The Morgan fingerprint density at radius 2 is 2.12 bits per heavy atom. The minimum atomic E-state index is -0.672. The summed E-state index contributed by atoms with van der Waals surface area (Å²) in [6.07, 6.45) is 1.29. The topological polar surface area (TPSA) is 43.1 Å². The number of benzene rings is 1. The van der Waals surface area contributed by atoms with Gasteiger partial charge in [-0.15, -0.1) is 0 Å². The fraction of sp³-hybridized carbons (Fsp3) is 0.333. The first kappa shape index (κ1) is 13.3.